The van der Waals surface area contributed by atoms with Crippen molar-refractivity contribution in [2.45, 2.75) is 12.6 Å². The number of benzene rings is 2. The van der Waals surface area contributed by atoms with Gasteiger partial charge in [-0.1, -0.05) is 54.1 Å². The first-order valence-corrected chi connectivity index (χ1v) is 6.31. The molecule has 2 aromatic carbocycles. The molecule has 0 spiro atoms. The monoisotopic (exact) mass is 261 g/mol. The molecule has 0 bridgehead atoms. The zero-order valence-electron chi connectivity index (χ0n) is 10.0. The van der Waals surface area contributed by atoms with Crippen molar-refractivity contribution in [3.8, 4) is 0 Å². The Morgan fingerprint density at radius 2 is 1.83 bits per heavy atom. The highest BCUT2D eigenvalue weighted by Gasteiger charge is 2.05. The molecule has 18 heavy (non-hydrogen) atoms. The van der Waals surface area contributed by atoms with Crippen LogP contribution in [0.25, 0.3) is 0 Å². The minimum Gasteiger partial charge on any atom is -0.387 e. The van der Waals surface area contributed by atoms with Crippen LogP contribution in [0.4, 0.5) is 0 Å². The molecule has 0 saturated heterocycles. The molecule has 0 amide bonds. The van der Waals surface area contributed by atoms with Gasteiger partial charge in [-0.15, -0.1) is 0 Å². The lowest BCUT2D eigenvalue weighted by Gasteiger charge is -2.12. The third kappa shape index (κ3) is 3.84. The van der Waals surface area contributed by atoms with Gasteiger partial charge in [0.05, 0.1) is 6.10 Å². The van der Waals surface area contributed by atoms with Crippen LogP contribution in [-0.2, 0) is 6.54 Å². The Bertz CT molecular complexity index is 487. The Morgan fingerprint density at radius 3 is 2.56 bits per heavy atom. The largest absolute Gasteiger partial charge is 0.387 e. The van der Waals surface area contributed by atoms with E-state index in [1.54, 1.807) is 0 Å². The van der Waals surface area contributed by atoms with Crippen LogP contribution in [0.2, 0.25) is 5.02 Å². The summed E-state index contributed by atoms with van der Waals surface area (Å²) in [5.41, 5.74) is 2.04. The molecule has 0 aromatic heterocycles. The van der Waals surface area contributed by atoms with E-state index in [1.807, 2.05) is 54.6 Å². The number of nitrogens with one attached hydrogen (secondary N) is 1. The fraction of sp³-hybridized carbons (Fsp3) is 0.200. The second kappa shape index (κ2) is 6.55. The molecule has 0 fully saturated rings. The lowest BCUT2D eigenvalue weighted by Crippen LogP contribution is -2.20. The summed E-state index contributed by atoms with van der Waals surface area (Å²) >= 11 is 5.91. The quantitative estimate of drug-likeness (QED) is 0.867. The van der Waals surface area contributed by atoms with Crippen LogP contribution in [0.15, 0.2) is 54.6 Å². The van der Waals surface area contributed by atoms with Crippen molar-refractivity contribution in [1.82, 2.24) is 5.32 Å². The van der Waals surface area contributed by atoms with Gasteiger partial charge < -0.3 is 10.4 Å². The van der Waals surface area contributed by atoms with E-state index in [1.165, 1.54) is 0 Å². The predicted molar refractivity (Wildman–Crippen MR) is 74.6 cm³/mol. The van der Waals surface area contributed by atoms with E-state index in [4.69, 9.17) is 11.6 Å². The molecule has 0 radical (unpaired) electrons. The molecule has 3 heteroatoms. The van der Waals surface area contributed by atoms with Gasteiger partial charge in [0.2, 0.25) is 0 Å². The maximum Gasteiger partial charge on any atom is 0.0914 e. The number of hydrogen-bond acceptors (Lipinski definition) is 2. The highest BCUT2D eigenvalue weighted by molar-refractivity contribution is 6.30. The number of halogens is 1. The van der Waals surface area contributed by atoms with Gasteiger partial charge >= 0.3 is 0 Å². The molecule has 0 unspecified atom stereocenters. The number of hydrogen-bond donors (Lipinski definition) is 2. The third-order valence-corrected chi connectivity index (χ3v) is 2.98. The van der Waals surface area contributed by atoms with Crippen molar-refractivity contribution >= 4 is 11.6 Å². The second-order valence-electron chi connectivity index (χ2n) is 4.19. The summed E-state index contributed by atoms with van der Waals surface area (Å²) < 4.78 is 0. The molecule has 0 aliphatic heterocycles. The minimum absolute atomic E-state index is 0.481. The van der Waals surface area contributed by atoms with Gasteiger partial charge in [-0.25, -0.2) is 0 Å². The van der Waals surface area contributed by atoms with Crippen LogP contribution in [-0.4, -0.2) is 11.7 Å². The summed E-state index contributed by atoms with van der Waals surface area (Å²) in [6, 6.07) is 17.3. The molecular formula is C15H16ClNO. The summed E-state index contributed by atoms with van der Waals surface area (Å²) in [6.45, 7) is 1.22. The highest BCUT2D eigenvalue weighted by atomic mass is 35.5. The molecule has 1 atom stereocenters. The molecular weight excluding hydrogens is 246 g/mol. The topological polar surface area (TPSA) is 32.3 Å². The zero-order chi connectivity index (χ0) is 12.8. The number of aliphatic hydroxyl groups is 1. The smallest absolute Gasteiger partial charge is 0.0914 e. The molecule has 2 rings (SSSR count). The van der Waals surface area contributed by atoms with Crippen LogP contribution < -0.4 is 5.32 Å². The van der Waals surface area contributed by atoms with Crippen LogP contribution >= 0.6 is 11.6 Å². The van der Waals surface area contributed by atoms with Crippen molar-refractivity contribution in [3.63, 3.8) is 0 Å². The average Bonchev–Trinajstić information content (AvgIpc) is 2.40. The molecule has 94 valence electrons. The summed E-state index contributed by atoms with van der Waals surface area (Å²) in [5, 5.41) is 13.9. The van der Waals surface area contributed by atoms with E-state index in [0.29, 0.717) is 13.1 Å². The predicted octanol–water partition coefficient (Wildman–Crippen LogP) is 3.16. The van der Waals surface area contributed by atoms with Crippen LogP contribution in [0.3, 0.4) is 0 Å². The standard InChI is InChI=1S/C15H16ClNO/c16-14-8-4-5-12(9-14)10-17-11-15(18)13-6-2-1-3-7-13/h1-9,15,17-18H,10-11H2/t15-/m0/s1. The Balaban J connectivity index is 1.82. The van der Waals surface area contributed by atoms with Crippen molar-refractivity contribution in [1.29, 1.82) is 0 Å². The zero-order valence-corrected chi connectivity index (χ0v) is 10.8. The fourth-order valence-electron chi connectivity index (χ4n) is 1.79. The lowest BCUT2D eigenvalue weighted by atomic mass is 10.1. The fourth-order valence-corrected chi connectivity index (χ4v) is 2.01. The molecule has 2 N–H and O–H groups in total. The SMILES string of the molecule is O[C@@H](CNCc1cccc(Cl)c1)c1ccccc1. The van der Waals surface area contributed by atoms with Crippen molar-refractivity contribution in [2.75, 3.05) is 6.54 Å². The van der Waals surface area contributed by atoms with E-state index in [-0.39, 0.29) is 0 Å². The van der Waals surface area contributed by atoms with Crippen molar-refractivity contribution in [3.05, 3.63) is 70.7 Å². The number of aliphatic hydroxyl groups excluding tert-OH is 1. The van der Waals surface area contributed by atoms with Gasteiger partial charge in [-0.2, -0.15) is 0 Å². The van der Waals surface area contributed by atoms with Crippen LogP contribution in [0.1, 0.15) is 17.2 Å². The Hall–Kier alpha value is -1.35. The Kier molecular flexibility index (Phi) is 4.76. The summed E-state index contributed by atoms with van der Waals surface area (Å²) in [4.78, 5) is 0. The molecule has 0 heterocycles. The first kappa shape index (κ1) is 13.1. The normalized spacial score (nSPS) is 12.3. The second-order valence-corrected chi connectivity index (χ2v) is 4.62. The Labute approximate surface area is 112 Å². The highest BCUT2D eigenvalue weighted by Crippen LogP contribution is 2.12. The van der Waals surface area contributed by atoms with Gasteiger partial charge in [-0.3, -0.25) is 0 Å². The minimum atomic E-state index is -0.481. The van der Waals surface area contributed by atoms with Crippen LogP contribution in [0.5, 0.6) is 0 Å². The number of rotatable bonds is 5. The van der Waals surface area contributed by atoms with E-state index < -0.39 is 6.10 Å². The third-order valence-electron chi connectivity index (χ3n) is 2.74. The molecule has 2 nitrogen and oxygen atoms in total. The van der Waals surface area contributed by atoms with Gasteiger partial charge in [0, 0.05) is 18.1 Å². The first-order valence-electron chi connectivity index (χ1n) is 5.94. The van der Waals surface area contributed by atoms with Gasteiger partial charge in [-0.05, 0) is 23.3 Å². The van der Waals surface area contributed by atoms with E-state index in [9.17, 15) is 5.11 Å². The maximum atomic E-state index is 9.96. The lowest BCUT2D eigenvalue weighted by molar-refractivity contribution is 0.174. The molecule has 0 aliphatic carbocycles. The summed E-state index contributed by atoms with van der Waals surface area (Å²) in [5.74, 6) is 0. The first-order chi connectivity index (χ1) is 8.75. The molecule has 0 saturated carbocycles. The van der Waals surface area contributed by atoms with Gasteiger partial charge in [0.15, 0.2) is 0 Å². The maximum absolute atomic E-state index is 9.96. The Morgan fingerprint density at radius 1 is 1.06 bits per heavy atom. The summed E-state index contributed by atoms with van der Waals surface area (Å²) in [7, 11) is 0. The van der Waals surface area contributed by atoms with Gasteiger partial charge in [0.1, 0.15) is 0 Å². The summed E-state index contributed by atoms with van der Waals surface area (Å²) in [6.07, 6.45) is -0.481. The molecule has 0 aliphatic rings. The molecule has 2 aromatic rings. The van der Waals surface area contributed by atoms with Gasteiger partial charge in [0.25, 0.3) is 0 Å². The van der Waals surface area contributed by atoms with E-state index in [0.717, 1.165) is 16.1 Å². The van der Waals surface area contributed by atoms with Crippen LogP contribution in [0, 0.1) is 0 Å². The van der Waals surface area contributed by atoms with E-state index in [2.05, 4.69) is 5.32 Å². The van der Waals surface area contributed by atoms with E-state index >= 15 is 0 Å². The van der Waals surface area contributed by atoms with Crippen molar-refractivity contribution < 1.29 is 5.11 Å². The average molecular weight is 262 g/mol. The van der Waals surface area contributed by atoms with Crippen molar-refractivity contribution in [2.24, 2.45) is 0 Å².